The number of fused-ring (bicyclic) bond motifs is 3. The lowest BCUT2D eigenvalue weighted by atomic mass is 10.1. The van der Waals surface area contributed by atoms with E-state index >= 15 is 0 Å². The summed E-state index contributed by atoms with van der Waals surface area (Å²) in [6, 6.07) is 21.8. The first-order valence-corrected chi connectivity index (χ1v) is 13.8. The molecule has 0 aliphatic heterocycles. The Bertz CT molecular complexity index is 1600. The highest BCUT2D eigenvalue weighted by molar-refractivity contribution is 9.10. The van der Waals surface area contributed by atoms with Gasteiger partial charge in [-0.3, -0.25) is 9.59 Å². The second-order valence-electron chi connectivity index (χ2n) is 7.91. The molecule has 8 heteroatoms. The Labute approximate surface area is 224 Å². The third-order valence-electron chi connectivity index (χ3n) is 5.68. The summed E-state index contributed by atoms with van der Waals surface area (Å²) in [7, 11) is 0. The zero-order chi connectivity index (χ0) is 25.2. The lowest BCUT2D eigenvalue weighted by molar-refractivity contribution is 0.0530. The molecule has 0 saturated heterocycles. The highest BCUT2D eigenvalue weighted by atomic mass is 79.9. The van der Waals surface area contributed by atoms with Crippen molar-refractivity contribution in [1.82, 2.24) is 4.40 Å². The summed E-state index contributed by atoms with van der Waals surface area (Å²) in [5.41, 5.74) is 2.93. The van der Waals surface area contributed by atoms with Crippen LogP contribution < -0.4 is 0 Å². The monoisotopic (exact) mass is 577 g/mol. The van der Waals surface area contributed by atoms with Gasteiger partial charge in [-0.05, 0) is 31.2 Å². The van der Waals surface area contributed by atoms with Crippen LogP contribution in [0.3, 0.4) is 0 Å². The second-order valence-corrected chi connectivity index (χ2v) is 11.1. The number of thioether (sulfide) groups is 1. The number of thiophene rings is 1. The number of rotatable bonds is 8. The van der Waals surface area contributed by atoms with E-state index in [-0.39, 0.29) is 23.9 Å². The number of carbonyl (C=O) groups is 3. The molecule has 0 unspecified atom stereocenters. The quantitative estimate of drug-likeness (QED) is 0.110. The lowest BCUT2D eigenvalue weighted by Gasteiger charge is -2.04. The first-order valence-electron chi connectivity index (χ1n) is 11.2. The maximum atomic E-state index is 13.6. The Balaban J connectivity index is 1.66. The number of benzene rings is 2. The standard InChI is InChI=1S/C28H20BrNO4S2/c1-2-34-27(33)22-20-10-6-7-15-30(20)24-23(22)26(25(32)18-8-4-3-5-9-18)36-28(24)35-16-21(31)17-11-13-19(29)14-12-17/h3-15H,2,16H2,1H3. The summed E-state index contributed by atoms with van der Waals surface area (Å²) in [6.07, 6.45) is 1.87. The van der Waals surface area contributed by atoms with Gasteiger partial charge in [-0.25, -0.2) is 4.79 Å². The van der Waals surface area contributed by atoms with Crippen molar-refractivity contribution in [3.8, 4) is 0 Å². The minimum absolute atomic E-state index is 0.0172. The average Bonchev–Trinajstić information content (AvgIpc) is 3.43. The Morgan fingerprint density at radius 3 is 2.39 bits per heavy atom. The van der Waals surface area contributed by atoms with Crippen molar-refractivity contribution < 1.29 is 19.1 Å². The van der Waals surface area contributed by atoms with Crippen molar-refractivity contribution in [2.45, 2.75) is 11.1 Å². The van der Waals surface area contributed by atoms with Crippen LogP contribution in [0.2, 0.25) is 0 Å². The van der Waals surface area contributed by atoms with Gasteiger partial charge < -0.3 is 9.14 Å². The number of hydrogen-bond donors (Lipinski definition) is 0. The minimum Gasteiger partial charge on any atom is -0.462 e. The predicted molar refractivity (Wildman–Crippen MR) is 148 cm³/mol. The summed E-state index contributed by atoms with van der Waals surface area (Å²) >= 11 is 6.08. The molecule has 0 atom stereocenters. The topological polar surface area (TPSA) is 64.9 Å². The SMILES string of the molecule is CCOC(=O)c1c2c(C(=O)c3ccccc3)sc(SCC(=O)c3ccc(Br)cc3)c2n2ccccc12. The fourth-order valence-electron chi connectivity index (χ4n) is 4.06. The highest BCUT2D eigenvalue weighted by Crippen LogP contribution is 2.44. The Kier molecular flexibility index (Phi) is 7.09. The van der Waals surface area contributed by atoms with Gasteiger partial charge in [-0.2, -0.15) is 0 Å². The smallest absolute Gasteiger partial charge is 0.341 e. The third kappa shape index (κ3) is 4.52. The molecule has 0 aliphatic carbocycles. The second kappa shape index (κ2) is 10.4. The number of halogens is 1. The summed E-state index contributed by atoms with van der Waals surface area (Å²) in [5, 5.41) is 0.567. The van der Waals surface area contributed by atoms with E-state index in [2.05, 4.69) is 15.9 Å². The summed E-state index contributed by atoms with van der Waals surface area (Å²) in [4.78, 5) is 40.1. The molecular weight excluding hydrogens is 558 g/mol. The zero-order valence-corrected chi connectivity index (χ0v) is 22.4. The molecule has 3 heterocycles. The molecule has 0 N–H and O–H groups in total. The largest absolute Gasteiger partial charge is 0.462 e. The van der Waals surface area contributed by atoms with Crippen LogP contribution in [0.4, 0.5) is 0 Å². The first-order chi connectivity index (χ1) is 17.5. The zero-order valence-electron chi connectivity index (χ0n) is 19.2. The number of ketones is 2. The van der Waals surface area contributed by atoms with Crippen molar-refractivity contribution in [3.05, 3.63) is 105 Å². The molecule has 0 bridgehead atoms. The van der Waals surface area contributed by atoms with Crippen molar-refractivity contribution in [1.29, 1.82) is 0 Å². The predicted octanol–water partition coefficient (Wildman–Crippen LogP) is 7.30. The number of ether oxygens (including phenoxy) is 1. The van der Waals surface area contributed by atoms with E-state index in [1.54, 1.807) is 31.2 Å². The van der Waals surface area contributed by atoms with Crippen LogP contribution in [-0.2, 0) is 4.74 Å². The number of esters is 1. The van der Waals surface area contributed by atoms with Crippen LogP contribution in [-0.4, -0.2) is 34.3 Å². The normalized spacial score (nSPS) is 11.2. The summed E-state index contributed by atoms with van der Waals surface area (Å²) < 4.78 is 9.01. The molecule has 3 aromatic heterocycles. The molecule has 2 aromatic carbocycles. The van der Waals surface area contributed by atoms with E-state index in [1.807, 2.05) is 59.1 Å². The van der Waals surface area contributed by atoms with Crippen molar-refractivity contribution >= 4 is 73.0 Å². The number of nitrogens with zero attached hydrogens (tertiary/aromatic N) is 1. The van der Waals surface area contributed by atoms with Gasteiger partial charge in [0.2, 0.25) is 5.78 Å². The van der Waals surface area contributed by atoms with Crippen molar-refractivity contribution in [2.24, 2.45) is 0 Å². The molecule has 0 radical (unpaired) electrons. The van der Waals surface area contributed by atoms with Gasteiger partial charge in [0.05, 0.1) is 38.0 Å². The summed E-state index contributed by atoms with van der Waals surface area (Å²) in [5.74, 6) is -0.460. The molecule has 0 spiro atoms. The van der Waals surface area contributed by atoms with Crippen LogP contribution in [0.1, 0.15) is 42.9 Å². The highest BCUT2D eigenvalue weighted by Gasteiger charge is 2.29. The molecule has 5 nitrogen and oxygen atoms in total. The number of aromatic nitrogens is 1. The van der Waals surface area contributed by atoms with Crippen LogP contribution in [0, 0.1) is 0 Å². The van der Waals surface area contributed by atoms with Crippen LogP contribution in [0.15, 0.2) is 87.7 Å². The van der Waals surface area contributed by atoms with E-state index in [0.717, 1.165) is 14.2 Å². The van der Waals surface area contributed by atoms with Gasteiger partial charge in [0.25, 0.3) is 0 Å². The first kappa shape index (κ1) is 24.5. The molecule has 0 fully saturated rings. The fourth-order valence-corrected chi connectivity index (χ4v) is 6.75. The van der Waals surface area contributed by atoms with E-state index in [0.29, 0.717) is 32.5 Å². The van der Waals surface area contributed by atoms with Gasteiger partial charge in [-0.15, -0.1) is 23.1 Å². The molecule has 5 rings (SSSR count). The summed E-state index contributed by atoms with van der Waals surface area (Å²) in [6.45, 7) is 1.98. The molecule has 180 valence electrons. The van der Waals surface area contributed by atoms with Gasteiger partial charge in [0, 0.05) is 27.2 Å². The Morgan fingerprint density at radius 1 is 0.944 bits per heavy atom. The van der Waals surface area contributed by atoms with Crippen LogP contribution in [0.5, 0.6) is 0 Å². The maximum Gasteiger partial charge on any atom is 0.341 e. The van der Waals surface area contributed by atoms with E-state index in [1.165, 1.54) is 23.1 Å². The van der Waals surface area contributed by atoms with Gasteiger partial charge >= 0.3 is 5.97 Å². The molecule has 0 amide bonds. The average molecular weight is 579 g/mol. The maximum absolute atomic E-state index is 13.6. The van der Waals surface area contributed by atoms with Gasteiger partial charge in [0.15, 0.2) is 5.78 Å². The number of pyridine rings is 1. The van der Waals surface area contributed by atoms with Crippen LogP contribution in [0.25, 0.3) is 16.4 Å². The fraction of sp³-hybridized carbons (Fsp3) is 0.107. The molecule has 0 saturated carbocycles. The molecule has 36 heavy (non-hydrogen) atoms. The third-order valence-corrected chi connectivity index (χ3v) is 8.65. The van der Waals surface area contributed by atoms with Crippen LogP contribution >= 0.6 is 39.0 Å². The van der Waals surface area contributed by atoms with E-state index in [4.69, 9.17) is 4.74 Å². The molecule has 0 aliphatic rings. The van der Waals surface area contributed by atoms with E-state index < -0.39 is 5.97 Å². The number of hydrogen-bond acceptors (Lipinski definition) is 6. The molecule has 5 aromatic rings. The Morgan fingerprint density at radius 2 is 1.67 bits per heavy atom. The van der Waals surface area contributed by atoms with Crippen molar-refractivity contribution in [3.63, 3.8) is 0 Å². The molecular formula is C28H20BrNO4S2. The van der Waals surface area contributed by atoms with Gasteiger partial charge in [-0.1, -0.05) is 64.5 Å². The minimum atomic E-state index is -0.474. The lowest BCUT2D eigenvalue weighted by Crippen LogP contribution is -2.06. The van der Waals surface area contributed by atoms with E-state index in [9.17, 15) is 14.4 Å². The number of Topliss-reactive ketones (excluding diaryl/α,β-unsaturated/α-hetero) is 1. The van der Waals surface area contributed by atoms with Crippen molar-refractivity contribution in [2.75, 3.05) is 12.4 Å². The van der Waals surface area contributed by atoms with Gasteiger partial charge in [0.1, 0.15) is 0 Å². The Hall–Kier alpha value is -3.20. The number of carbonyl (C=O) groups excluding carboxylic acids is 3.